The van der Waals surface area contributed by atoms with E-state index < -0.39 is 0 Å². The number of nitrogens with one attached hydrogen (secondary N) is 1. The summed E-state index contributed by atoms with van der Waals surface area (Å²) in [6.07, 6.45) is 5.49. The summed E-state index contributed by atoms with van der Waals surface area (Å²) in [5, 5.41) is 12.5. The van der Waals surface area contributed by atoms with Crippen molar-refractivity contribution in [2.24, 2.45) is 11.8 Å². The van der Waals surface area contributed by atoms with E-state index in [1.807, 2.05) is 18.2 Å². The third-order valence-electron chi connectivity index (χ3n) is 4.03. The standard InChI is InChI=1S/C14H15BrN2/c15-13-7-11(5-4-10(13)8-16)17-14-3-1-2-9-6-12(9)14/h4-5,7,9,12,14,17H,1-3,6H2. The van der Waals surface area contributed by atoms with E-state index in [-0.39, 0.29) is 0 Å². The van der Waals surface area contributed by atoms with E-state index in [0.29, 0.717) is 11.6 Å². The number of halogens is 1. The molecule has 0 aliphatic heterocycles. The lowest BCUT2D eigenvalue weighted by Crippen LogP contribution is -2.25. The number of nitrogens with zero attached hydrogens (tertiary/aromatic N) is 1. The molecule has 0 amide bonds. The lowest BCUT2D eigenvalue weighted by molar-refractivity contribution is 0.440. The van der Waals surface area contributed by atoms with Crippen molar-refractivity contribution in [1.82, 2.24) is 0 Å². The highest BCUT2D eigenvalue weighted by Crippen LogP contribution is 2.50. The first-order valence-corrected chi connectivity index (χ1v) is 7.03. The number of fused-ring (bicyclic) bond motifs is 1. The highest BCUT2D eigenvalue weighted by atomic mass is 79.9. The first-order chi connectivity index (χ1) is 8.28. The van der Waals surface area contributed by atoms with Gasteiger partial charge in [-0.2, -0.15) is 5.26 Å². The van der Waals surface area contributed by atoms with Gasteiger partial charge >= 0.3 is 0 Å². The van der Waals surface area contributed by atoms with Gasteiger partial charge < -0.3 is 5.32 Å². The Morgan fingerprint density at radius 3 is 3.00 bits per heavy atom. The molecule has 1 N–H and O–H groups in total. The summed E-state index contributed by atoms with van der Waals surface area (Å²) in [4.78, 5) is 0. The molecular weight excluding hydrogens is 276 g/mol. The van der Waals surface area contributed by atoms with E-state index in [4.69, 9.17) is 5.26 Å². The molecule has 0 aromatic heterocycles. The zero-order valence-electron chi connectivity index (χ0n) is 9.62. The number of hydrogen-bond donors (Lipinski definition) is 1. The van der Waals surface area contributed by atoms with Crippen LogP contribution in [0.4, 0.5) is 5.69 Å². The fraction of sp³-hybridized carbons (Fsp3) is 0.500. The van der Waals surface area contributed by atoms with Crippen molar-refractivity contribution in [3.8, 4) is 6.07 Å². The van der Waals surface area contributed by atoms with Crippen LogP contribution in [0, 0.1) is 23.2 Å². The molecule has 0 heterocycles. The molecule has 3 rings (SSSR count). The molecule has 2 aliphatic rings. The second-order valence-electron chi connectivity index (χ2n) is 5.15. The van der Waals surface area contributed by atoms with Crippen molar-refractivity contribution >= 4 is 21.6 Å². The van der Waals surface area contributed by atoms with Gasteiger partial charge in [-0.3, -0.25) is 0 Å². The van der Waals surface area contributed by atoms with Crippen LogP contribution in [0.5, 0.6) is 0 Å². The molecule has 3 atom stereocenters. The minimum atomic E-state index is 0.647. The van der Waals surface area contributed by atoms with E-state index in [1.165, 1.54) is 25.7 Å². The molecule has 1 aromatic carbocycles. The van der Waals surface area contributed by atoms with Crippen LogP contribution in [-0.4, -0.2) is 6.04 Å². The van der Waals surface area contributed by atoms with Crippen molar-refractivity contribution in [1.29, 1.82) is 5.26 Å². The molecule has 1 aromatic rings. The Balaban J connectivity index is 1.73. The summed E-state index contributed by atoms with van der Waals surface area (Å²) in [6, 6.07) is 8.72. The quantitative estimate of drug-likeness (QED) is 0.896. The van der Waals surface area contributed by atoms with Crippen LogP contribution in [0.15, 0.2) is 22.7 Å². The maximum absolute atomic E-state index is 8.88. The summed E-state index contributed by atoms with van der Waals surface area (Å²) in [5.41, 5.74) is 1.83. The van der Waals surface area contributed by atoms with Gasteiger partial charge in [-0.15, -0.1) is 0 Å². The first kappa shape index (κ1) is 11.1. The average molecular weight is 291 g/mol. The zero-order chi connectivity index (χ0) is 11.8. The molecule has 88 valence electrons. The van der Waals surface area contributed by atoms with E-state index in [1.54, 1.807) is 0 Å². The van der Waals surface area contributed by atoms with Gasteiger partial charge in [0.15, 0.2) is 0 Å². The molecule has 3 unspecified atom stereocenters. The number of benzene rings is 1. The average Bonchev–Trinajstić information content (AvgIpc) is 3.09. The fourth-order valence-electron chi connectivity index (χ4n) is 3.00. The smallest absolute Gasteiger partial charge is 0.100 e. The summed E-state index contributed by atoms with van der Waals surface area (Å²) < 4.78 is 0.883. The van der Waals surface area contributed by atoms with Crippen molar-refractivity contribution in [3.05, 3.63) is 28.2 Å². The van der Waals surface area contributed by atoms with Crippen LogP contribution >= 0.6 is 15.9 Å². The fourth-order valence-corrected chi connectivity index (χ4v) is 3.47. The van der Waals surface area contributed by atoms with Crippen LogP contribution in [0.25, 0.3) is 0 Å². The zero-order valence-corrected chi connectivity index (χ0v) is 11.2. The maximum atomic E-state index is 8.88. The van der Waals surface area contributed by atoms with Crippen LogP contribution in [0.2, 0.25) is 0 Å². The van der Waals surface area contributed by atoms with Crippen molar-refractivity contribution in [2.45, 2.75) is 31.7 Å². The summed E-state index contributed by atoms with van der Waals surface area (Å²) in [6.45, 7) is 0. The molecule has 0 bridgehead atoms. The predicted octanol–water partition coefficient (Wildman–Crippen LogP) is 3.92. The lowest BCUT2D eigenvalue weighted by atomic mass is 9.95. The van der Waals surface area contributed by atoms with Gasteiger partial charge in [-0.1, -0.05) is 12.8 Å². The summed E-state index contributed by atoms with van der Waals surface area (Å²) in [7, 11) is 0. The minimum Gasteiger partial charge on any atom is -0.382 e. The monoisotopic (exact) mass is 290 g/mol. The molecule has 2 fully saturated rings. The van der Waals surface area contributed by atoms with Crippen molar-refractivity contribution < 1.29 is 0 Å². The Hall–Kier alpha value is -1.01. The molecule has 0 saturated heterocycles. The highest BCUT2D eigenvalue weighted by Gasteiger charge is 2.45. The Morgan fingerprint density at radius 1 is 1.35 bits per heavy atom. The molecule has 2 nitrogen and oxygen atoms in total. The molecular formula is C14H15BrN2. The lowest BCUT2D eigenvalue weighted by Gasteiger charge is -2.24. The number of rotatable bonds is 2. The number of anilines is 1. The predicted molar refractivity (Wildman–Crippen MR) is 71.7 cm³/mol. The van der Waals surface area contributed by atoms with Gasteiger partial charge in [0.2, 0.25) is 0 Å². The van der Waals surface area contributed by atoms with Crippen molar-refractivity contribution in [3.63, 3.8) is 0 Å². The maximum Gasteiger partial charge on any atom is 0.100 e. The Bertz CT molecular complexity index is 478. The van der Waals surface area contributed by atoms with Crippen molar-refractivity contribution in [2.75, 3.05) is 5.32 Å². The highest BCUT2D eigenvalue weighted by molar-refractivity contribution is 9.10. The molecule has 0 radical (unpaired) electrons. The normalized spacial score (nSPS) is 30.2. The number of hydrogen-bond acceptors (Lipinski definition) is 2. The molecule has 17 heavy (non-hydrogen) atoms. The van der Waals surface area contributed by atoms with Gasteiger partial charge in [0.1, 0.15) is 6.07 Å². The third kappa shape index (κ3) is 2.19. The topological polar surface area (TPSA) is 35.8 Å². The van der Waals surface area contributed by atoms with Gasteiger partial charge in [0, 0.05) is 16.2 Å². The largest absolute Gasteiger partial charge is 0.382 e. The Kier molecular flexibility index (Phi) is 2.84. The molecule has 2 aliphatic carbocycles. The van der Waals surface area contributed by atoms with Crippen LogP contribution in [0.1, 0.15) is 31.2 Å². The number of nitriles is 1. The summed E-state index contributed by atoms with van der Waals surface area (Å²) >= 11 is 3.44. The van der Waals surface area contributed by atoms with Gasteiger partial charge in [0.25, 0.3) is 0 Å². The van der Waals surface area contributed by atoms with E-state index >= 15 is 0 Å². The minimum absolute atomic E-state index is 0.647. The Labute approximate surface area is 110 Å². The third-order valence-corrected chi connectivity index (χ3v) is 4.68. The molecule has 3 heteroatoms. The molecule has 0 spiro atoms. The first-order valence-electron chi connectivity index (χ1n) is 6.24. The van der Waals surface area contributed by atoms with E-state index in [2.05, 4.69) is 27.3 Å². The van der Waals surface area contributed by atoms with Crippen LogP contribution in [-0.2, 0) is 0 Å². The van der Waals surface area contributed by atoms with E-state index in [0.717, 1.165) is 22.0 Å². The van der Waals surface area contributed by atoms with Crippen LogP contribution in [0.3, 0.4) is 0 Å². The van der Waals surface area contributed by atoms with Gasteiger partial charge in [-0.25, -0.2) is 0 Å². The SMILES string of the molecule is N#Cc1ccc(NC2CCCC3CC32)cc1Br. The second-order valence-corrected chi connectivity index (χ2v) is 6.00. The van der Waals surface area contributed by atoms with E-state index in [9.17, 15) is 0 Å². The van der Waals surface area contributed by atoms with Crippen LogP contribution < -0.4 is 5.32 Å². The van der Waals surface area contributed by atoms with Gasteiger partial charge in [0.05, 0.1) is 5.56 Å². The van der Waals surface area contributed by atoms with Gasteiger partial charge in [-0.05, 0) is 58.8 Å². The Morgan fingerprint density at radius 2 is 2.24 bits per heavy atom. The second kappa shape index (κ2) is 4.34. The summed E-state index contributed by atoms with van der Waals surface area (Å²) in [5.74, 6) is 1.89. The molecule has 2 saturated carbocycles.